The van der Waals surface area contributed by atoms with Gasteiger partial charge >= 0.3 is 5.97 Å². The van der Waals surface area contributed by atoms with Crippen LogP contribution in [0.2, 0.25) is 0 Å². The van der Waals surface area contributed by atoms with Gasteiger partial charge in [0.1, 0.15) is 18.0 Å². The minimum atomic E-state index is -1.03. The molecule has 1 atom stereocenters. The summed E-state index contributed by atoms with van der Waals surface area (Å²) < 4.78 is 13.7. The smallest absolute Gasteiger partial charge is 0.335 e. The Labute approximate surface area is 226 Å². The van der Waals surface area contributed by atoms with Crippen molar-refractivity contribution in [3.63, 3.8) is 0 Å². The Morgan fingerprint density at radius 1 is 1.05 bits per heavy atom. The van der Waals surface area contributed by atoms with Crippen molar-refractivity contribution in [2.24, 2.45) is 0 Å². The Bertz CT molecular complexity index is 1460. The lowest BCUT2D eigenvalue weighted by Gasteiger charge is -2.38. The zero-order valence-electron chi connectivity index (χ0n) is 21.7. The molecule has 4 heterocycles. The number of aliphatic hydroxyl groups is 1. The number of carboxylic acids is 1. The molecule has 0 radical (unpaired) electrons. The maximum absolute atomic E-state index is 11.6. The molecule has 2 N–H and O–H groups in total. The van der Waals surface area contributed by atoms with E-state index in [0.29, 0.717) is 57.2 Å². The first-order chi connectivity index (χ1) is 19.0. The van der Waals surface area contributed by atoms with Crippen LogP contribution in [0.15, 0.2) is 66.7 Å². The van der Waals surface area contributed by atoms with E-state index in [2.05, 4.69) is 14.5 Å². The van der Waals surface area contributed by atoms with Gasteiger partial charge in [-0.2, -0.15) is 0 Å². The molecule has 1 unspecified atom stereocenters. The molecule has 0 spiro atoms. The van der Waals surface area contributed by atoms with E-state index in [-0.39, 0.29) is 11.7 Å². The number of benzene rings is 2. The first-order valence-corrected chi connectivity index (χ1v) is 13.4. The first-order valence-electron chi connectivity index (χ1n) is 13.4. The zero-order valence-corrected chi connectivity index (χ0v) is 21.7. The molecule has 0 saturated carbocycles. The molecular weight excluding hydrogens is 496 g/mol. The third-order valence-electron chi connectivity index (χ3n) is 7.73. The highest BCUT2D eigenvalue weighted by Crippen LogP contribution is 2.33. The number of fused-ring (bicyclic) bond motifs is 1. The average Bonchev–Trinajstić information content (AvgIpc) is 3.27. The van der Waals surface area contributed by atoms with Gasteiger partial charge in [-0.05, 0) is 49.1 Å². The second-order valence-corrected chi connectivity index (χ2v) is 10.4. The van der Waals surface area contributed by atoms with Gasteiger partial charge in [0.15, 0.2) is 0 Å². The molecule has 39 heavy (non-hydrogen) atoms. The molecule has 2 saturated heterocycles. The van der Waals surface area contributed by atoms with Crippen molar-refractivity contribution in [3.05, 3.63) is 89.4 Å². The Hall–Kier alpha value is -3.79. The first kappa shape index (κ1) is 25.5. The van der Waals surface area contributed by atoms with E-state index in [9.17, 15) is 15.0 Å². The van der Waals surface area contributed by atoms with Gasteiger partial charge in [0, 0.05) is 25.8 Å². The maximum Gasteiger partial charge on any atom is 0.335 e. The molecule has 9 heteroatoms. The third kappa shape index (κ3) is 5.52. The zero-order chi connectivity index (χ0) is 26.8. The Morgan fingerprint density at radius 2 is 1.85 bits per heavy atom. The second-order valence-electron chi connectivity index (χ2n) is 10.4. The summed E-state index contributed by atoms with van der Waals surface area (Å²) in [6, 6.07) is 20.6. The lowest BCUT2D eigenvalue weighted by molar-refractivity contribution is -0.0595. The van der Waals surface area contributed by atoms with Gasteiger partial charge in [-0.3, -0.25) is 4.90 Å². The number of carbonyl (C=O) groups is 1. The van der Waals surface area contributed by atoms with Crippen molar-refractivity contribution in [1.29, 1.82) is 0 Å². The predicted octanol–water partition coefficient (Wildman–Crippen LogP) is 3.98. The monoisotopic (exact) mass is 528 g/mol. The fourth-order valence-corrected chi connectivity index (χ4v) is 5.29. The standard InChI is InChI=1S/C30H32N4O5/c35-29(36)22-9-10-24-25(17-22)34(18-23-11-16-38-23)27(31-24)19-33-14-12-30(37,13-15-33)26-7-4-8-28(32-26)39-20-21-5-2-1-3-6-21/h1-10,17,23,37H,11-16,18-20H2,(H,35,36). The number of imidazole rings is 1. The number of hydrogen-bond acceptors (Lipinski definition) is 7. The van der Waals surface area contributed by atoms with Crippen molar-refractivity contribution in [2.75, 3.05) is 19.7 Å². The Balaban J connectivity index is 1.14. The van der Waals surface area contributed by atoms with Crippen LogP contribution in [0.25, 0.3) is 11.0 Å². The van der Waals surface area contributed by atoms with Gasteiger partial charge in [-0.1, -0.05) is 36.4 Å². The number of aromatic nitrogens is 3. The Morgan fingerprint density at radius 3 is 2.56 bits per heavy atom. The van der Waals surface area contributed by atoms with E-state index in [4.69, 9.17) is 14.5 Å². The largest absolute Gasteiger partial charge is 0.478 e. The van der Waals surface area contributed by atoms with Crippen LogP contribution in [-0.4, -0.2) is 61.4 Å². The van der Waals surface area contributed by atoms with Gasteiger partial charge in [-0.25, -0.2) is 14.8 Å². The van der Waals surface area contributed by atoms with Crippen LogP contribution in [0, 0.1) is 0 Å². The van der Waals surface area contributed by atoms with E-state index < -0.39 is 11.6 Å². The number of likely N-dealkylation sites (tertiary alicyclic amines) is 1. The van der Waals surface area contributed by atoms with Crippen LogP contribution in [0.3, 0.4) is 0 Å². The molecule has 0 aliphatic carbocycles. The summed E-state index contributed by atoms with van der Waals surface area (Å²) in [6.45, 7) is 3.78. The Kier molecular flexibility index (Phi) is 7.03. The van der Waals surface area contributed by atoms with Crippen molar-refractivity contribution in [3.8, 4) is 5.88 Å². The topological polar surface area (TPSA) is 110 Å². The van der Waals surface area contributed by atoms with Crippen molar-refractivity contribution < 1.29 is 24.5 Å². The molecule has 9 nitrogen and oxygen atoms in total. The number of nitrogens with zero attached hydrogens (tertiary/aromatic N) is 4. The van der Waals surface area contributed by atoms with Gasteiger partial charge in [0.25, 0.3) is 0 Å². The summed E-state index contributed by atoms with van der Waals surface area (Å²) in [4.78, 5) is 23.3. The molecule has 2 aromatic carbocycles. The molecule has 2 aliphatic rings. The number of carboxylic acid groups (broad SMARTS) is 1. The van der Waals surface area contributed by atoms with Crippen LogP contribution >= 0.6 is 0 Å². The van der Waals surface area contributed by atoms with Gasteiger partial charge in [0.05, 0.1) is 41.5 Å². The van der Waals surface area contributed by atoms with E-state index in [1.807, 2.05) is 48.5 Å². The van der Waals surface area contributed by atoms with Crippen molar-refractivity contribution in [2.45, 2.75) is 50.7 Å². The summed E-state index contributed by atoms with van der Waals surface area (Å²) >= 11 is 0. The summed E-state index contributed by atoms with van der Waals surface area (Å²) in [5.41, 5.74) is 2.49. The highest BCUT2D eigenvalue weighted by atomic mass is 16.5. The predicted molar refractivity (Wildman–Crippen MR) is 144 cm³/mol. The molecule has 2 fully saturated rings. The quantitative estimate of drug-likeness (QED) is 0.336. The van der Waals surface area contributed by atoms with Crippen LogP contribution in [-0.2, 0) is 30.0 Å². The fraction of sp³-hybridized carbons (Fsp3) is 0.367. The SMILES string of the molecule is O=C(O)c1ccc2nc(CN3CCC(O)(c4cccc(OCc5ccccc5)n4)CC3)n(CC3CCO3)c2c1. The summed E-state index contributed by atoms with van der Waals surface area (Å²) in [6.07, 6.45) is 2.17. The summed E-state index contributed by atoms with van der Waals surface area (Å²) in [5, 5.41) is 21.0. The van der Waals surface area contributed by atoms with Crippen LogP contribution in [0.4, 0.5) is 0 Å². The van der Waals surface area contributed by atoms with Gasteiger partial charge in [0.2, 0.25) is 5.88 Å². The molecule has 0 amide bonds. The minimum absolute atomic E-state index is 0.114. The minimum Gasteiger partial charge on any atom is -0.478 e. The van der Waals surface area contributed by atoms with Crippen molar-refractivity contribution >= 4 is 17.0 Å². The average molecular weight is 529 g/mol. The maximum atomic E-state index is 11.6. The number of piperidine rings is 1. The van der Waals surface area contributed by atoms with Gasteiger partial charge in [-0.15, -0.1) is 0 Å². The number of hydrogen-bond donors (Lipinski definition) is 2. The highest BCUT2D eigenvalue weighted by molar-refractivity contribution is 5.92. The van der Waals surface area contributed by atoms with E-state index in [0.717, 1.165) is 35.4 Å². The number of aromatic carboxylic acids is 1. The molecule has 4 aromatic rings. The highest BCUT2D eigenvalue weighted by Gasteiger charge is 2.36. The van der Waals surface area contributed by atoms with Crippen LogP contribution in [0.5, 0.6) is 5.88 Å². The molecular formula is C30H32N4O5. The summed E-state index contributed by atoms with van der Waals surface area (Å²) in [5.74, 6) is 0.423. The molecule has 202 valence electrons. The molecule has 2 aromatic heterocycles. The molecule has 6 rings (SSSR count). The van der Waals surface area contributed by atoms with Crippen LogP contribution in [0.1, 0.15) is 46.7 Å². The normalized spacial score (nSPS) is 19.1. The van der Waals surface area contributed by atoms with Crippen LogP contribution < -0.4 is 4.74 Å². The van der Waals surface area contributed by atoms with E-state index in [1.54, 1.807) is 18.2 Å². The number of ether oxygens (including phenoxy) is 2. The van der Waals surface area contributed by atoms with E-state index in [1.165, 1.54) is 0 Å². The van der Waals surface area contributed by atoms with Crippen molar-refractivity contribution in [1.82, 2.24) is 19.4 Å². The lowest BCUT2D eigenvalue weighted by Crippen LogP contribution is -2.43. The molecule has 2 aliphatic heterocycles. The summed E-state index contributed by atoms with van der Waals surface area (Å²) in [7, 11) is 0. The molecule has 0 bridgehead atoms. The second kappa shape index (κ2) is 10.8. The van der Waals surface area contributed by atoms with E-state index >= 15 is 0 Å². The number of pyridine rings is 1. The fourth-order valence-electron chi connectivity index (χ4n) is 5.29. The third-order valence-corrected chi connectivity index (χ3v) is 7.73. The van der Waals surface area contributed by atoms with Gasteiger partial charge < -0.3 is 24.3 Å². The lowest BCUT2D eigenvalue weighted by atomic mass is 9.87. The number of rotatable bonds is 9.